The van der Waals surface area contributed by atoms with Crippen LogP contribution in [0.2, 0.25) is 0 Å². The van der Waals surface area contributed by atoms with Crippen LogP contribution in [-0.2, 0) is 16.0 Å². The molecule has 27 heavy (non-hydrogen) atoms. The van der Waals surface area contributed by atoms with Crippen LogP contribution < -0.4 is 0 Å². The number of nitrogens with zero attached hydrogens (tertiary/aromatic N) is 1. The molecule has 1 atom stereocenters. The van der Waals surface area contributed by atoms with Gasteiger partial charge >= 0.3 is 5.97 Å². The summed E-state index contributed by atoms with van der Waals surface area (Å²) in [7, 11) is 1.38. The van der Waals surface area contributed by atoms with Crippen LogP contribution in [0, 0.1) is 0 Å². The molecule has 0 aromatic heterocycles. The standard InChI is InChI=1S/C23H31NO3/c1-4-5-7-18(2)8-6-9-21-14-15-22(25)24(21)17-16-19-10-12-20(13-11-19)23(26)27-3/h6,8-13,21H,4-5,7,14-17H2,1-3H3/b9-6-,18-8+/t21-/m0/s1. The molecule has 146 valence electrons. The smallest absolute Gasteiger partial charge is 0.337 e. The first-order valence-electron chi connectivity index (χ1n) is 9.85. The second kappa shape index (κ2) is 10.7. The van der Waals surface area contributed by atoms with Crippen molar-refractivity contribution in [2.75, 3.05) is 13.7 Å². The topological polar surface area (TPSA) is 46.6 Å². The third-order valence-corrected chi connectivity index (χ3v) is 5.03. The number of likely N-dealkylation sites (tertiary alicyclic amines) is 1. The highest BCUT2D eigenvalue weighted by atomic mass is 16.5. The molecule has 1 fully saturated rings. The van der Waals surface area contributed by atoms with Crippen molar-refractivity contribution in [1.82, 2.24) is 4.90 Å². The number of carbonyl (C=O) groups excluding carboxylic acids is 2. The Labute approximate surface area is 162 Å². The molecule has 1 aliphatic rings. The van der Waals surface area contributed by atoms with Crippen LogP contribution in [-0.4, -0.2) is 36.5 Å². The molecule has 1 aromatic carbocycles. The van der Waals surface area contributed by atoms with Crippen LogP contribution in [0.25, 0.3) is 0 Å². The number of hydrogen-bond donors (Lipinski definition) is 0. The van der Waals surface area contributed by atoms with E-state index in [0.29, 0.717) is 18.5 Å². The van der Waals surface area contributed by atoms with Gasteiger partial charge in [-0.1, -0.05) is 49.3 Å². The monoisotopic (exact) mass is 369 g/mol. The van der Waals surface area contributed by atoms with E-state index in [4.69, 9.17) is 4.74 Å². The first-order chi connectivity index (χ1) is 13.0. The van der Waals surface area contributed by atoms with E-state index in [1.165, 1.54) is 25.5 Å². The van der Waals surface area contributed by atoms with Gasteiger partial charge in [0.1, 0.15) is 0 Å². The molecule has 4 heteroatoms. The van der Waals surface area contributed by atoms with E-state index in [9.17, 15) is 9.59 Å². The van der Waals surface area contributed by atoms with Gasteiger partial charge in [0.25, 0.3) is 0 Å². The van der Waals surface area contributed by atoms with Crippen molar-refractivity contribution in [3.05, 3.63) is 59.2 Å². The number of amides is 1. The van der Waals surface area contributed by atoms with Crippen molar-refractivity contribution in [3.8, 4) is 0 Å². The average Bonchev–Trinajstić information content (AvgIpc) is 3.04. The summed E-state index contributed by atoms with van der Waals surface area (Å²) in [6.45, 7) is 5.06. The number of benzene rings is 1. The Morgan fingerprint density at radius 2 is 2.04 bits per heavy atom. The number of rotatable bonds is 9. The van der Waals surface area contributed by atoms with E-state index in [-0.39, 0.29) is 17.9 Å². The van der Waals surface area contributed by atoms with Crippen LogP contribution in [0.3, 0.4) is 0 Å². The van der Waals surface area contributed by atoms with Crippen molar-refractivity contribution < 1.29 is 14.3 Å². The fourth-order valence-electron chi connectivity index (χ4n) is 3.31. The first-order valence-corrected chi connectivity index (χ1v) is 9.85. The van der Waals surface area contributed by atoms with E-state index in [2.05, 4.69) is 32.1 Å². The molecule has 0 unspecified atom stereocenters. The predicted octanol–water partition coefficient (Wildman–Crippen LogP) is 4.70. The summed E-state index contributed by atoms with van der Waals surface area (Å²) in [6, 6.07) is 7.58. The summed E-state index contributed by atoms with van der Waals surface area (Å²) in [6.07, 6.45) is 12.3. The van der Waals surface area contributed by atoms with Crippen molar-refractivity contribution in [1.29, 1.82) is 0 Å². The van der Waals surface area contributed by atoms with Gasteiger partial charge < -0.3 is 9.64 Å². The molecule has 1 heterocycles. The van der Waals surface area contributed by atoms with Gasteiger partial charge in [-0.15, -0.1) is 0 Å². The fraction of sp³-hybridized carbons (Fsp3) is 0.478. The Morgan fingerprint density at radius 3 is 2.70 bits per heavy atom. The van der Waals surface area contributed by atoms with E-state index in [1.807, 2.05) is 17.0 Å². The van der Waals surface area contributed by atoms with E-state index in [1.54, 1.807) is 12.1 Å². The first kappa shape index (κ1) is 20.9. The molecule has 0 N–H and O–H groups in total. The summed E-state index contributed by atoms with van der Waals surface area (Å²) in [5, 5.41) is 0. The zero-order chi connectivity index (χ0) is 19.6. The molecule has 0 aliphatic carbocycles. The van der Waals surface area contributed by atoms with Crippen LogP contribution in [0.5, 0.6) is 0 Å². The molecule has 0 spiro atoms. The predicted molar refractivity (Wildman–Crippen MR) is 109 cm³/mol. The van der Waals surface area contributed by atoms with E-state index < -0.39 is 0 Å². The average molecular weight is 370 g/mol. The molecule has 2 rings (SSSR count). The molecule has 1 saturated heterocycles. The zero-order valence-electron chi connectivity index (χ0n) is 16.7. The maximum absolute atomic E-state index is 12.2. The largest absolute Gasteiger partial charge is 0.465 e. The molecule has 1 aromatic rings. The van der Waals surface area contributed by atoms with Gasteiger partial charge in [0, 0.05) is 13.0 Å². The Balaban J connectivity index is 1.91. The van der Waals surface area contributed by atoms with Crippen molar-refractivity contribution in [2.45, 2.75) is 58.4 Å². The van der Waals surface area contributed by atoms with Crippen molar-refractivity contribution >= 4 is 11.9 Å². The Hall–Kier alpha value is -2.36. The number of methoxy groups -OCH3 is 1. The lowest BCUT2D eigenvalue weighted by atomic mass is 10.1. The number of esters is 1. The van der Waals surface area contributed by atoms with Crippen molar-refractivity contribution in [2.24, 2.45) is 0 Å². The second-order valence-electron chi connectivity index (χ2n) is 7.13. The number of allylic oxidation sites excluding steroid dienone is 3. The van der Waals surface area contributed by atoms with Gasteiger partial charge in [-0.3, -0.25) is 4.79 Å². The maximum atomic E-state index is 12.2. The minimum Gasteiger partial charge on any atom is -0.465 e. The maximum Gasteiger partial charge on any atom is 0.337 e. The lowest BCUT2D eigenvalue weighted by Crippen LogP contribution is -2.33. The van der Waals surface area contributed by atoms with Gasteiger partial charge in [-0.2, -0.15) is 0 Å². The van der Waals surface area contributed by atoms with E-state index in [0.717, 1.165) is 24.8 Å². The third-order valence-electron chi connectivity index (χ3n) is 5.03. The summed E-state index contributed by atoms with van der Waals surface area (Å²) in [5.41, 5.74) is 3.04. The van der Waals surface area contributed by atoms with Crippen LogP contribution >= 0.6 is 0 Å². The molecule has 0 saturated carbocycles. The lowest BCUT2D eigenvalue weighted by molar-refractivity contribution is -0.128. The molecule has 1 amide bonds. The van der Waals surface area contributed by atoms with Crippen LogP contribution in [0.15, 0.2) is 48.1 Å². The SMILES string of the molecule is CCCC/C(C)=C/C=C\[C@H]1CCC(=O)N1CCc1ccc(C(=O)OC)cc1. The van der Waals surface area contributed by atoms with Gasteiger partial charge in [0.15, 0.2) is 0 Å². The summed E-state index contributed by atoms with van der Waals surface area (Å²) in [4.78, 5) is 25.7. The Kier molecular flexibility index (Phi) is 8.31. The highest BCUT2D eigenvalue weighted by Crippen LogP contribution is 2.21. The lowest BCUT2D eigenvalue weighted by Gasteiger charge is -2.22. The number of unbranched alkanes of at least 4 members (excludes halogenated alkanes) is 1. The van der Waals surface area contributed by atoms with Gasteiger partial charge in [0.05, 0.1) is 18.7 Å². The quantitative estimate of drug-likeness (QED) is 0.468. The molecule has 0 bridgehead atoms. The van der Waals surface area contributed by atoms with Crippen LogP contribution in [0.4, 0.5) is 0 Å². The minimum absolute atomic E-state index is 0.182. The molecule has 0 radical (unpaired) electrons. The molecular weight excluding hydrogens is 338 g/mol. The second-order valence-corrected chi connectivity index (χ2v) is 7.13. The Bertz CT molecular complexity index is 688. The highest BCUT2D eigenvalue weighted by molar-refractivity contribution is 5.89. The number of ether oxygens (including phenoxy) is 1. The van der Waals surface area contributed by atoms with Crippen molar-refractivity contribution in [3.63, 3.8) is 0 Å². The summed E-state index contributed by atoms with van der Waals surface area (Å²) < 4.78 is 4.72. The van der Waals surface area contributed by atoms with Gasteiger partial charge in [-0.25, -0.2) is 4.79 Å². The van der Waals surface area contributed by atoms with Crippen LogP contribution in [0.1, 0.15) is 61.9 Å². The van der Waals surface area contributed by atoms with E-state index >= 15 is 0 Å². The summed E-state index contributed by atoms with van der Waals surface area (Å²) >= 11 is 0. The number of hydrogen-bond acceptors (Lipinski definition) is 3. The molecule has 4 nitrogen and oxygen atoms in total. The fourth-order valence-corrected chi connectivity index (χ4v) is 3.31. The minimum atomic E-state index is -0.330. The third kappa shape index (κ3) is 6.38. The highest BCUT2D eigenvalue weighted by Gasteiger charge is 2.28. The normalized spacial score (nSPS) is 17.7. The molecular formula is C23H31NO3. The van der Waals surface area contributed by atoms with Gasteiger partial charge in [0.2, 0.25) is 5.91 Å². The van der Waals surface area contributed by atoms with Gasteiger partial charge in [-0.05, 0) is 50.3 Å². The molecule has 1 aliphatic heterocycles. The zero-order valence-corrected chi connectivity index (χ0v) is 16.7. The number of carbonyl (C=O) groups is 2. The summed E-state index contributed by atoms with van der Waals surface area (Å²) in [5.74, 6) is -0.105. The Morgan fingerprint density at radius 1 is 1.30 bits per heavy atom.